The van der Waals surface area contributed by atoms with Gasteiger partial charge in [-0.05, 0) is 104 Å². The maximum Gasteiger partial charge on any atom is 0.324 e. The molecule has 0 radical (unpaired) electrons. The van der Waals surface area contributed by atoms with Crippen molar-refractivity contribution in [2.45, 2.75) is 130 Å². The quantitative estimate of drug-likeness (QED) is 0.131. The Hall–Kier alpha value is -5.84. The molecule has 16 heteroatoms. The predicted molar refractivity (Wildman–Crippen MR) is 258 cm³/mol. The molecule has 68 heavy (non-hydrogen) atoms. The van der Waals surface area contributed by atoms with E-state index >= 15 is 0 Å². The Labute approximate surface area is 399 Å². The van der Waals surface area contributed by atoms with Gasteiger partial charge in [0.1, 0.15) is 29.9 Å². The number of phenols is 1. The van der Waals surface area contributed by atoms with Crippen molar-refractivity contribution in [3.05, 3.63) is 71.5 Å². The molecule has 0 saturated carbocycles. The largest absolute Gasteiger partial charge is 0.508 e. The Morgan fingerprint density at radius 3 is 2.53 bits per heavy atom. The number of carbonyl (C=O) groups is 5. The van der Waals surface area contributed by atoms with Crippen molar-refractivity contribution in [3.63, 3.8) is 0 Å². The van der Waals surface area contributed by atoms with Gasteiger partial charge in [-0.1, -0.05) is 53.7 Å². The van der Waals surface area contributed by atoms with Crippen molar-refractivity contribution < 1.29 is 38.6 Å². The number of hydrogen-bond acceptors (Lipinski definition) is 11. The summed E-state index contributed by atoms with van der Waals surface area (Å²) in [6, 6.07) is 11.3. The first-order chi connectivity index (χ1) is 32.3. The number of rotatable bonds is 9. The third-order valence-corrected chi connectivity index (χ3v) is 13.8. The lowest BCUT2D eigenvalue weighted by Gasteiger charge is -2.41. The fraction of sp³-hybridized carbons (Fsp3) is 0.538. The monoisotopic (exact) mass is 933 g/mol. The highest BCUT2D eigenvalue weighted by Crippen LogP contribution is 2.42. The number of phenolic OH excluding ortho intramolecular Hbond substituents is 1. The maximum absolute atomic E-state index is 14.8. The lowest BCUT2D eigenvalue weighted by Crippen LogP contribution is -2.64. The van der Waals surface area contributed by atoms with Crippen molar-refractivity contribution in [3.8, 4) is 28.1 Å². The van der Waals surface area contributed by atoms with Gasteiger partial charge in [-0.2, -0.15) is 0 Å². The smallest absolute Gasteiger partial charge is 0.324 e. The molecule has 6 heterocycles. The van der Waals surface area contributed by atoms with Crippen LogP contribution in [0.15, 0.2) is 54.7 Å². The minimum Gasteiger partial charge on any atom is -0.508 e. The Morgan fingerprint density at radius 2 is 1.82 bits per heavy atom. The van der Waals surface area contributed by atoms with Crippen LogP contribution in [0.1, 0.15) is 91.0 Å². The van der Waals surface area contributed by atoms with E-state index in [9.17, 15) is 29.1 Å². The van der Waals surface area contributed by atoms with Crippen molar-refractivity contribution in [1.82, 2.24) is 40.4 Å². The topological polar surface area (TPSA) is 198 Å². The van der Waals surface area contributed by atoms with E-state index in [1.54, 1.807) is 24.1 Å². The second-order valence-electron chi connectivity index (χ2n) is 20.6. The number of pyridine rings is 1. The molecule has 3 saturated heterocycles. The molecule has 2 aromatic heterocycles. The highest BCUT2D eigenvalue weighted by molar-refractivity contribution is 5.97. The first kappa shape index (κ1) is 48.6. The van der Waals surface area contributed by atoms with Crippen LogP contribution >= 0.6 is 0 Å². The Kier molecular flexibility index (Phi) is 14.0. The molecule has 8 rings (SSSR count). The average molecular weight is 933 g/mol. The van der Waals surface area contributed by atoms with Crippen LogP contribution in [-0.2, 0) is 52.8 Å². The molecule has 4 amide bonds. The number of aromatic hydroxyl groups is 1. The number of hydrazine groups is 1. The van der Waals surface area contributed by atoms with E-state index in [1.165, 1.54) is 9.91 Å². The van der Waals surface area contributed by atoms with Gasteiger partial charge in [0.2, 0.25) is 17.7 Å². The fourth-order valence-corrected chi connectivity index (χ4v) is 10.3. The minimum atomic E-state index is -1.19. The second-order valence-corrected chi connectivity index (χ2v) is 20.6. The number of hydrogen-bond donors (Lipinski definition) is 4. The molecule has 0 aliphatic carbocycles. The summed E-state index contributed by atoms with van der Waals surface area (Å²) in [6.07, 6.45) is 3.06. The Balaban J connectivity index is 1.19. The SMILES string of the molecule is CCn1c(-c2cccnc2C(C)C)c2c3cc(ccc31)-c1cc(O)cc(c1)C[C@H](NC(=O)[C@H](C(C)C)N(C)C(=O)[C@@H]1CO[C@H](C)CN1C(=O)[C@H]1CN1)C(=O)N1CCC[C@H](N1)C(=O)OCC(C)(C)C2. The summed E-state index contributed by atoms with van der Waals surface area (Å²) in [5.74, 6) is -2.42. The average Bonchev–Trinajstić information content (AvgIpc) is 4.12. The summed E-state index contributed by atoms with van der Waals surface area (Å²) < 4.78 is 14.3. The molecular formula is C52H68N8O8. The number of benzene rings is 2. The molecule has 4 N–H and O–H groups in total. The summed E-state index contributed by atoms with van der Waals surface area (Å²) in [5, 5.41) is 19.8. The molecule has 4 aliphatic heterocycles. The molecule has 3 fully saturated rings. The third kappa shape index (κ3) is 9.99. The number of aromatic nitrogens is 2. The molecule has 2 aromatic carbocycles. The second kappa shape index (κ2) is 19.6. The summed E-state index contributed by atoms with van der Waals surface area (Å²) in [5.41, 5.74) is 10.00. The van der Waals surface area contributed by atoms with Gasteiger partial charge in [0, 0.05) is 67.7 Å². The van der Waals surface area contributed by atoms with Gasteiger partial charge in [0.25, 0.3) is 5.91 Å². The number of morpholine rings is 1. The molecular weight excluding hydrogens is 865 g/mol. The highest BCUT2D eigenvalue weighted by Gasteiger charge is 2.45. The van der Waals surface area contributed by atoms with Crippen LogP contribution in [-0.4, -0.2) is 135 Å². The Bertz CT molecular complexity index is 2580. The Morgan fingerprint density at radius 1 is 1.06 bits per heavy atom. The van der Waals surface area contributed by atoms with Crippen LogP contribution in [0, 0.1) is 11.3 Å². The zero-order chi connectivity index (χ0) is 48.8. The predicted octanol–water partition coefficient (Wildman–Crippen LogP) is 4.94. The fourth-order valence-electron chi connectivity index (χ4n) is 10.3. The molecule has 0 spiro atoms. The van der Waals surface area contributed by atoms with Gasteiger partial charge in [-0.15, -0.1) is 0 Å². The van der Waals surface area contributed by atoms with E-state index in [0.717, 1.165) is 44.5 Å². The number of nitrogens with one attached hydrogen (secondary N) is 3. The lowest BCUT2D eigenvalue weighted by molar-refractivity contribution is -0.160. The number of esters is 1. The molecule has 6 atom stereocenters. The van der Waals surface area contributed by atoms with Gasteiger partial charge in [-0.3, -0.25) is 34.0 Å². The number of aryl methyl sites for hydroxylation is 1. The number of amides is 4. The number of likely N-dealkylation sites (N-methyl/N-ethyl adjacent to an activating group) is 1. The van der Waals surface area contributed by atoms with Gasteiger partial charge < -0.3 is 39.6 Å². The molecule has 16 nitrogen and oxygen atoms in total. The zero-order valence-electron chi connectivity index (χ0n) is 40.9. The minimum absolute atomic E-state index is 0.0107. The first-order valence-corrected chi connectivity index (χ1v) is 24.3. The van der Waals surface area contributed by atoms with E-state index in [-0.39, 0.29) is 62.4 Å². The molecule has 364 valence electrons. The number of fused-ring (bicyclic) bond motifs is 6. The van der Waals surface area contributed by atoms with E-state index in [2.05, 4.69) is 73.4 Å². The normalized spacial score (nSPS) is 23.5. The van der Waals surface area contributed by atoms with Gasteiger partial charge >= 0.3 is 5.97 Å². The van der Waals surface area contributed by atoms with E-state index in [1.807, 2.05) is 45.2 Å². The summed E-state index contributed by atoms with van der Waals surface area (Å²) in [6.45, 7) is 17.9. The van der Waals surface area contributed by atoms with E-state index in [0.29, 0.717) is 37.9 Å². The molecule has 4 aromatic rings. The van der Waals surface area contributed by atoms with Crippen LogP contribution in [0.3, 0.4) is 0 Å². The van der Waals surface area contributed by atoms with Gasteiger partial charge in [0.05, 0.1) is 36.7 Å². The van der Waals surface area contributed by atoms with Crippen LogP contribution < -0.4 is 16.1 Å². The first-order valence-electron chi connectivity index (χ1n) is 24.3. The van der Waals surface area contributed by atoms with Crippen LogP contribution in [0.4, 0.5) is 0 Å². The summed E-state index contributed by atoms with van der Waals surface area (Å²) in [7, 11) is 1.54. The number of cyclic esters (lactones) is 1. The molecule has 6 bridgehead atoms. The van der Waals surface area contributed by atoms with E-state index < -0.39 is 59.2 Å². The van der Waals surface area contributed by atoms with Gasteiger partial charge in [-0.25, -0.2) is 5.43 Å². The van der Waals surface area contributed by atoms with Crippen LogP contribution in [0.2, 0.25) is 0 Å². The van der Waals surface area contributed by atoms with Gasteiger partial charge in [0.15, 0.2) is 0 Å². The van der Waals surface area contributed by atoms with Crippen molar-refractivity contribution in [1.29, 1.82) is 0 Å². The maximum atomic E-state index is 14.8. The number of carbonyl (C=O) groups excluding carboxylic acids is 5. The lowest BCUT2D eigenvalue weighted by atomic mass is 9.83. The highest BCUT2D eigenvalue weighted by atomic mass is 16.5. The molecule has 4 aliphatic rings. The third-order valence-electron chi connectivity index (χ3n) is 13.8. The van der Waals surface area contributed by atoms with Crippen LogP contribution in [0.25, 0.3) is 33.3 Å². The standard InChI is InChI=1S/C52H68N8O8/c1-10-58-42-16-15-33-23-37(42)38(46(58)36-13-11-17-53-44(36)29(2)3)24-52(7,8)28-68-51(66)39-14-12-18-60(56-39)49(64)40(21-32-19-34(33)22-35(61)20-32)55-47(62)45(30(4)5)57(9)50(65)43-27-67-31(6)26-59(43)48(63)41-25-54-41/h11,13,15-17,19-20,22-23,29-31,39-41,43,45,54,56,61H,10,12,14,18,21,24-28H2,1-9H3,(H,55,62)/t31-,39+,40+,41-,43+,45+/m1/s1. The summed E-state index contributed by atoms with van der Waals surface area (Å²) in [4.78, 5) is 78.9. The van der Waals surface area contributed by atoms with Crippen molar-refractivity contribution >= 4 is 40.5 Å². The van der Waals surface area contributed by atoms with Crippen molar-refractivity contribution in [2.24, 2.45) is 11.3 Å². The van der Waals surface area contributed by atoms with Crippen molar-refractivity contribution in [2.75, 3.05) is 39.9 Å². The number of ether oxygens (including phenoxy) is 2. The molecule has 0 unspecified atom stereocenters. The van der Waals surface area contributed by atoms with E-state index in [4.69, 9.17) is 14.5 Å². The number of nitrogens with zero attached hydrogens (tertiary/aromatic N) is 5. The zero-order valence-corrected chi connectivity index (χ0v) is 40.9. The van der Waals surface area contributed by atoms with Crippen LogP contribution in [0.5, 0.6) is 5.75 Å². The summed E-state index contributed by atoms with van der Waals surface area (Å²) >= 11 is 0.